The van der Waals surface area contributed by atoms with Crippen LogP contribution in [-0.2, 0) is 16.1 Å². The summed E-state index contributed by atoms with van der Waals surface area (Å²) >= 11 is 0. The van der Waals surface area contributed by atoms with E-state index < -0.39 is 0 Å². The Morgan fingerprint density at radius 2 is 1.67 bits per heavy atom. The minimum absolute atomic E-state index is 0.0947. The van der Waals surface area contributed by atoms with Crippen LogP contribution in [0.25, 0.3) is 0 Å². The van der Waals surface area contributed by atoms with E-state index in [9.17, 15) is 14.0 Å². The molecule has 2 amide bonds. The number of likely N-dealkylation sites (tertiary alicyclic amines) is 1. The Labute approximate surface area is 142 Å². The van der Waals surface area contributed by atoms with E-state index in [1.165, 1.54) is 12.1 Å². The third-order valence-electron chi connectivity index (χ3n) is 5.03. The minimum Gasteiger partial charge on any atom is -0.342 e. The van der Waals surface area contributed by atoms with Gasteiger partial charge < -0.3 is 9.80 Å². The van der Waals surface area contributed by atoms with E-state index in [2.05, 4.69) is 4.90 Å². The number of benzene rings is 1. The van der Waals surface area contributed by atoms with Gasteiger partial charge in [0.05, 0.1) is 0 Å². The summed E-state index contributed by atoms with van der Waals surface area (Å²) in [7, 11) is 0. The fraction of sp³-hybridized carbons (Fsp3) is 0.556. The maximum Gasteiger partial charge on any atom is 0.225 e. The molecule has 0 bridgehead atoms. The first-order valence-electron chi connectivity index (χ1n) is 8.60. The molecule has 2 aliphatic heterocycles. The van der Waals surface area contributed by atoms with Crippen LogP contribution in [0, 0.1) is 11.7 Å². The third-order valence-corrected chi connectivity index (χ3v) is 5.03. The lowest BCUT2D eigenvalue weighted by Gasteiger charge is -2.37. The van der Waals surface area contributed by atoms with Gasteiger partial charge in [-0.15, -0.1) is 0 Å². The zero-order valence-electron chi connectivity index (χ0n) is 13.9. The van der Waals surface area contributed by atoms with Gasteiger partial charge in [-0.1, -0.05) is 12.1 Å². The van der Waals surface area contributed by atoms with E-state index in [0.29, 0.717) is 26.2 Å². The van der Waals surface area contributed by atoms with Crippen LogP contribution in [0.1, 0.15) is 18.4 Å². The highest BCUT2D eigenvalue weighted by Crippen LogP contribution is 2.22. The third kappa shape index (κ3) is 4.12. The van der Waals surface area contributed by atoms with Gasteiger partial charge in [-0.05, 0) is 43.6 Å². The van der Waals surface area contributed by atoms with Crippen molar-refractivity contribution in [3.05, 3.63) is 35.6 Å². The van der Waals surface area contributed by atoms with Crippen molar-refractivity contribution in [1.29, 1.82) is 0 Å². The van der Waals surface area contributed by atoms with Gasteiger partial charge >= 0.3 is 0 Å². The number of rotatable bonds is 4. The number of halogens is 1. The molecule has 3 rings (SSSR count). The summed E-state index contributed by atoms with van der Waals surface area (Å²) in [5.74, 6) is 0.122. The highest BCUT2D eigenvalue weighted by Gasteiger charge is 2.30. The molecule has 2 saturated heterocycles. The first-order valence-corrected chi connectivity index (χ1v) is 8.60. The number of carbonyl (C=O) groups excluding carboxylic acids is 2. The second kappa shape index (κ2) is 7.75. The number of nitrogens with zero attached hydrogens (tertiary/aromatic N) is 3. The van der Waals surface area contributed by atoms with Crippen molar-refractivity contribution >= 4 is 12.3 Å². The summed E-state index contributed by atoms with van der Waals surface area (Å²) in [5.41, 5.74) is 1.10. The van der Waals surface area contributed by atoms with Crippen molar-refractivity contribution in [2.75, 3.05) is 39.3 Å². The summed E-state index contributed by atoms with van der Waals surface area (Å²) in [5, 5.41) is 0. The van der Waals surface area contributed by atoms with Crippen molar-refractivity contribution in [3.63, 3.8) is 0 Å². The molecule has 0 radical (unpaired) electrons. The Hall–Kier alpha value is -1.95. The van der Waals surface area contributed by atoms with Crippen LogP contribution in [0.5, 0.6) is 0 Å². The van der Waals surface area contributed by atoms with E-state index in [1.807, 2.05) is 17.0 Å². The van der Waals surface area contributed by atoms with Crippen molar-refractivity contribution in [3.8, 4) is 0 Å². The molecule has 130 valence electrons. The van der Waals surface area contributed by atoms with Gasteiger partial charge in [0.15, 0.2) is 0 Å². The zero-order valence-corrected chi connectivity index (χ0v) is 13.9. The van der Waals surface area contributed by atoms with Gasteiger partial charge in [0.1, 0.15) is 5.82 Å². The second-order valence-corrected chi connectivity index (χ2v) is 6.64. The number of piperidine rings is 1. The Kier molecular flexibility index (Phi) is 5.45. The molecule has 0 unspecified atom stereocenters. The van der Waals surface area contributed by atoms with Crippen LogP contribution in [0.2, 0.25) is 0 Å². The topological polar surface area (TPSA) is 43.9 Å². The lowest BCUT2D eigenvalue weighted by molar-refractivity contribution is -0.140. The highest BCUT2D eigenvalue weighted by molar-refractivity contribution is 5.79. The summed E-state index contributed by atoms with van der Waals surface area (Å²) in [6.07, 6.45) is 2.59. The second-order valence-electron chi connectivity index (χ2n) is 6.64. The molecular formula is C18H24FN3O2. The van der Waals surface area contributed by atoms with E-state index in [4.69, 9.17) is 0 Å². The van der Waals surface area contributed by atoms with E-state index in [0.717, 1.165) is 44.4 Å². The summed E-state index contributed by atoms with van der Waals surface area (Å²) < 4.78 is 13.0. The molecule has 0 aliphatic carbocycles. The van der Waals surface area contributed by atoms with Crippen LogP contribution in [0.15, 0.2) is 24.3 Å². The summed E-state index contributed by atoms with van der Waals surface area (Å²) in [6.45, 7) is 5.15. The van der Waals surface area contributed by atoms with Gasteiger partial charge in [0.25, 0.3) is 0 Å². The average molecular weight is 333 g/mol. The van der Waals surface area contributed by atoms with Crippen molar-refractivity contribution in [2.45, 2.75) is 19.4 Å². The SMILES string of the molecule is O=CN1CCN(C(=O)C2CCN(Cc3ccc(F)cc3)CC2)CC1. The fourth-order valence-corrected chi connectivity index (χ4v) is 3.49. The number of carbonyl (C=O) groups is 2. The molecule has 0 aromatic heterocycles. The van der Waals surface area contributed by atoms with E-state index in [1.54, 1.807) is 4.90 Å². The smallest absolute Gasteiger partial charge is 0.225 e. The van der Waals surface area contributed by atoms with Gasteiger partial charge in [-0.3, -0.25) is 14.5 Å². The molecule has 1 aromatic carbocycles. The van der Waals surface area contributed by atoms with Crippen LogP contribution >= 0.6 is 0 Å². The first-order chi connectivity index (χ1) is 11.7. The van der Waals surface area contributed by atoms with Gasteiger partial charge in [0.2, 0.25) is 12.3 Å². The van der Waals surface area contributed by atoms with Gasteiger partial charge in [0, 0.05) is 38.6 Å². The van der Waals surface area contributed by atoms with Gasteiger partial charge in [-0.25, -0.2) is 4.39 Å². The van der Waals surface area contributed by atoms with Crippen molar-refractivity contribution in [2.24, 2.45) is 5.92 Å². The predicted octanol–water partition coefficient (Wildman–Crippen LogP) is 1.34. The standard InChI is InChI=1S/C18H24FN3O2/c19-17-3-1-15(2-4-17)13-20-7-5-16(6-8-20)18(24)22-11-9-21(14-23)10-12-22/h1-4,14,16H,5-13H2. The molecule has 0 saturated carbocycles. The van der Waals surface area contributed by atoms with E-state index in [-0.39, 0.29) is 17.6 Å². The maximum absolute atomic E-state index is 13.0. The minimum atomic E-state index is -0.210. The Morgan fingerprint density at radius 1 is 1.04 bits per heavy atom. The molecule has 6 heteroatoms. The van der Waals surface area contributed by atoms with Crippen LogP contribution in [-0.4, -0.2) is 66.3 Å². The van der Waals surface area contributed by atoms with E-state index >= 15 is 0 Å². The van der Waals surface area contributed by atoms with Gasteiger partial charge in [-0.2, -0.15) is 0 Å². The normalized spacial score (nSPS) is 20.2. The monoisotopic (exact) mass is 333 g/mol. The lowest BCUT2D eigenvalue weighted by Crippen LogP contribution is -2.51. The molecular weight excluding hydrogens is 309 g/mol. The molecule has 0 N–H and O–H groups in total. The predicted molar refractivity (Wildman–Crippen MR) is 88.6 cm³/mol. The largest absolute Gasteiger partial charge is 0.342 e. The highest BCUT2D eigenvalue weighted by atomic mass is 19.1. The Morgan fingerprint density at radius 3 is 2.25 bits per heavy atom. The molecule has 5 nitrogen and oxygen atoms in total. The van der Waals surface area contributed by atoms with Crippen LogP contribution < -0.4 is 0 Å². The number of hydrogen-bond donors (Lipinski definition) is 0. The summed E-state index contributed by atoms with van der Waals surface area (Å²) in [4.78, 5) is 29.3. The Bertz CT molecular complexity index is 562. The molecule has 2 aliphatic rings. The molecule has 2 heterocycles. The first kappa shape index (κ1) is 16.9. The molecule has 0 atom stereocenters. The molecule has 0 spiro atoms. The van der Waals surface area contributed by atoms with Crippen LogP contribution in [0.3, 0.4) is 0 Å². The lowest BCUT2D eigenvalue weighted by atomic mass is 9.94. The number of amides is 2. The fourth-order valence-electron chi connectivity index (χ4n) is 3.49. The molecule has 1 aromatic rings. The maximum atomic E-state index is 13.0. The zero-order chi connectivity index (χ0) is 16.9. The van der Waals surface area contributed by atoms with Crippen molar-refractivity contribution < 1.29 is 14.0 Å². The Balaban J connectivity index is 1.45. The average Bonchev–Trinajstić information content (AvgIpc) is 2.64. The number of piperazine rings is 1. The summed E-state index contributed by atoms with van der Waals surface area (Å²) in [6, 6.07) is 6.62. The molecule has 2 fully saturated rings. The quantitative estimate of drug-likeness (QED) is 0.781. The number of hydrogen-bond acceptors (Lipinski definition) is 3. The van der Waals surface area contributed by atoms with Crippen molar-refractivity contribution in [1.82, 2.24) is 14.7 Å². The van der Waals surface area contributed by atoms with Crippen LogP contribution in [0.4, 0.5) is 4.39 Å². The molecule has 24 heavy (non-hydrogen) atoms.